The highest BCUT2D eigenvalue weighted by atomic mass is 35.5. The molecule has 1 unspecified atom stereocenters. The molecule has 0 radical (unpaired) electrons. The molecule has 3 heteroatoms. The zero-order valence-electron chi connectivity index (χ0n) is 8.43. The van der Waals surface area contributed by atoms with Crippen LogP contribution >= 0.6 is 11.6 Å². The van der Waals surface area contributed by atoms with E-state index in [2.05, 4.69) is 0 Å². The molecule has 0 spiro atoms. The topological polar surface area (TPSA) is 26.0 Å². The first-order chi connectivity index (χ1) is 6.56. The summed E-state index contributed by atoms with van der Waals surface area (Å²) in [5, 5.41) is 0.422. The van der Waals surface area contributed by atoms with Crippen molar-refractivity contribution >= 4 is 11.6 Å². The summed E-state index contributed by atoms with van der Waals surface area (Å²) in [4.78, 5) is 0. The Labute approximate surface area is 89.1 Å². The molecule has 0 heterocycles. The molecule has 0 bridgehead atoms. The number of halogens is 2. The molecule has 1 aromatic rings. The van der Waals surface area contributed by atoms with Gasteiger partial charge in [-0.1, -0.05) is 31.5 Å². The Hall–Kier alpha value is -0.600. The highest BCUT2D eigenvalue weighted by Crippen LogP contribution is 2.27. The van der Waals surface area contributed by atoms with E-state index >= 15 is 0 Å². The molecule has 1 rings (SSSR count). The fourth-order valence-electron chi connectivity index (χ4n) is 1.56. The van der Waals surface area contributed by atoms with Gasteiger partial charge in [-0.15, -0.1) is 0 Å². The highest BCUT2D eigenvalue weighted by Gasteiger charge is 2.17. The molecule has 78 valence electrons. The number of benzene rings is 1. The third kappa shape index (κ3) is 2.46. The van der Waals surface area contributed by atoms with E-state index in [4.69, 9.17) is 17.3 Å². The molecule has 0 aromatic heterocycles. The number of nitrogens with two attached hydrogens (primary N) is 1. The van der Waals surface area contributed by atoms with E-state index in [1.807, 2.05) is 13.8 Å². The molecule has 14 heavy (non-hydrogen) atoms. The molecular formula is C11H15ClFN. The molecule has 0 amide bonds. The summed E-state index contributed by atoms with van der Waals surface area (Å²) in [5.74, 6) is 0.129. The van der Waals surface area contributed by atoms with Gasteiger partial charge in [-0.3, -0.25) is 0 Å². The van der Waals surface area contributed by atoms with E-state index in [1.165, 1.54) is 6.07 Å². The largest absolute Gasteiger partial charge is 0.330 e. The van der Waals surface area contributed by atoms with Crippen LogP contribution in [0.3, 0.4) is 0 Å². The minimum Gasteiger partial charge on any atom is -0.330 e. The van der Waals surface area contributed by atoms with Crippen LogP contribution in [-0.4, -0.2) is 6.54 Å². The predicted molar refractivity (Wildman–Crippen MR) is 58.0 cm³/mol. The SMILES string of the molecule is CC(C)C(CN)c1ccc(Cl)cc1F. The first-order valence-corrected chi connectivity index (χ1v) is 5.09. The van der Waals surface area contributed by atoms with Gasteiger partial charge in [0.05, 0.1) is 0 Å². The normalized spacial score (nSPS) is 13.3. The average Bonchev–Trinajstić information content (AvgIpc) is 2.09. The van der Waals surface area contributed by atoms with Gasteiger partial charge >= 0.3 is 0 Å². The maximum absolute atomic E-state index is 13.5. The Morgan fingerprint density at radius 2 is 2.07 bits per heavy atom. The average molecular weight is 216 g/mol. The van der Waals surface area contributed by atoms with E-state index in [1.54, 1.807) is 12.1 Å². The zero-order valence-corrected chi connectivity index (χ0v) is 9.18. The maximum Gasteiger partial charge on any atom is 0.128 e. The van der Waals surface area contributed by atoms with Gasteiger partial charge in [0.1, 0.15) is 5.82 Å². The van der Waals surface area contributed by atoms with E-state index in [0.29, 0.717) is 23.0 Å². The molecule has 1 atom stereocenters. The van der Waals surface area contributed by atoms with Crippen molar-refractivity contribution in [2.75, 3.05) is 6.54 Å². The van der Waals surface area contributed by atoms with Crippen molar-refractivity contribution in [1.82, 2.24) is 0 Å². The van der Waals surface area contributed by atoms with Gasteiger partial charge in [0, 0.05) is 10.9 Å². The molecule has 0 aliphatic rings. The van der Waals surface area contributed by atoms with Gasteiger partial charge in [-0.2, -0.15) is 0 Å². The second kappa shape index (κ2) is 4.76. The molecule has 1 nitrogen and oxygen atoms in total. The van der Waals surface area contributed by atoms with Crippen LogP contribution in [0.4, 0.5) is 4.39 Å². The third-order valence-corrected chi connectivity index (χ3v) is 2.66. The highest BCUT2D eigenvalue weighted by molar-refractivity contribution is 6.30. The summed E-state index contributed by atoms with van der Waals surface area (Å²) in [6.07, 6.45) is 0. The third-order valence-electron chi connectivity index (χ3n) is 2.42. The summed E-state index contributed by atoms with van der Waals surface area (Å²) >= 11 is 5.67. The second-order valence-corrected chi connectivity index (χ2v) is 4.19. The predicted octanol–water partition coefficient (Wildman–Crippen LogP) is 3.18. The Morgan fingerprint density at radius 1 is 1.43 bits per heavy atom. The maximum atomic E-state index is 13.5. The van der Waals surface area contributed by atoms with Gasteiger partial charge < -0.3 is 5.73 Å². The minimum atomic E-state index is -0.262. The van der Waals surface area contributed by atoms with E-state index in [0.717, 1.165) is 0 Å². The summed E-state index contributed by atoms with van der Waals surface area (Å²) in [5.41, 5.74) is 6.27. The van der Waals surface area contributed by atoms with Crippen molar-refractivity contribution in [3.8, 4) is 0 Å². The second-order valence-electron chi connectivity index (χ2n) is 3.75. The zero-order chi connectivity index (χ0) is 10.7. The molecule has 2 N–H and O–H groups in total. The number of hydrogen-bond acceptors (Lipinski definition) is 1. The quantitative estimate of drug-likeness (QED) is 0.824. The first-order valence-electron chi connectivity index (χ1n) is 4.71. The van der Waals surface area contributed by atoms with Gasteiger partial charge in [-0.25, -0.2) is 4.39 Å². The van der Waals surface area contributed by atoms with E-state index < -0.39 is 0 Å². The van der Waals surface area contributed by atoms with Crippen molar-refractivity contribution < 1.29 is 4.39 Å². The van der Waals surface area contributed by atoms with Crippen LogP contribution in [0.1, 0.15) is 25.3 Å². The number of rotatable bonds is 3. The van der Waals surface area contributed by atoms with Gasteiger partial charge in [0.2, 0.25) is 0 Å². The van der Waals surface area contributed by atoms with Gasteiger partial charge in [0.25, 0.3) is 0 Å². The summed E-state index contributed by atoms with van der Waals surface area (Å²) in [6, 6.07) is 4.75. The van der Waals surface area contributed by atoms with Crippen molar-refractivity contribution in [2.24, 2.45) is 11.7 Å². The summed E-state index contributed by atoms with van der Waals surface area (Å²) < 4.78 is 13.5. The lowest BCUT2D eigenvalue weighted by atomic mass is 9.88. The molecule has 0 aliphatic heterocycles. The van der Waals surface area contributed by atoms with Gasteiger partial charge in [-0.05, 0) is 30.2 Å². The summed E-state index contributed by atoms with van der Waals surface area (Å²) in [7, 11) is 0. The molecule has 1 aromatic carbocycles. The first kappa shape index (κ1) is 11.5. The minimum absolute atomic E-state index is 0.0623. The Morgan fingerprint density at radius 3 is 2.50 bits per heavy atom. The fraction of sp³-hybridized carbons (Fsp3) is 0.455. The van der Waals surface area contributed by atoms with Crippen LogP contribution in [0.2, 0.25) is 5.02 Å². The van der Waals surface area contributed by atoms with Crippen LogP contribution in [0, 0.1) is 11.7 Å². The van der Waals surface area contributed by atoms with Crippen LogP contribution < -0.4 is 5.73 Å². The molecule has 0 fully saturated rings. The van der Waals surface area contributed by atoms with Crippen molar-refractivity contribution in [3.05, 3.63) is 34.6 Å². The van der Waals surface area contributed by atoms with Crippen LogP contribution in [0.5, 0.6) is 0 Å². The molecule has 0 aliphatic carbocycles. The van der Waals surface area contributed by atoms with Crippen molar-refractivity contribution in [3.63, 3.8) is 0 Å². The Bertz CT molecular complexity index is 312. The smallest absolute Gasteiger partial charge is 0.128 e. The lowest BCUT2D eigenvalue weighted by Crippen LogP contribution is -2.18. The fourth-order valence-corrected chi connectivity index (χ4v) is 1.72. The van der Waals surface area contributed by atoms with Gasteiger partial charge in [0.15, 0.2) is 0 Å². The van der Waals surface area contributed by atoms with E-state index in [-0.39, 0.29) is 11.7 Å². The van der Waals surface area contributed by atoms with Crippen molar-refractivity contribution in [2.45, 2.75) is 19.8 Å². The van der Waals surface area contributed by atoms with E-state index in [9.17, 15) is 4.39 Å². The molecular weight excluding hydrogens is 201 g/mol. The monoisotopic (exact) mass is 215 g/mol. The van der Waals surface area contributed by atoms with Crippen LogP contribution in [0.15, 0.2) is 18.2 Å². The lowest BCUT2D eigenvalue weighted by molar-refractivity contribution is 0.479. The van der Waals surface area contributed by atoms with Crippen LogP contribution in [0.25, 0.3) is 0 Å². The molecule has 0 saturated heterocycles. The number of hydrogen-bond donors (Lipinski definition) is 1. The van der Waals surface area contributed by atoms with Crippen molar-refractivity contribution in [1.29, 1.82) is 0 Å². The Kier molecular flexibility index (Phi) is 3.90. The Balaban J connectivity index is 3.04. The molecule has 0 saturated carbocycles. The van der Waals surface area contributed by atoms with Crippen LogP contribution in [-0.2, 0) is 0 Å². The standard InChI is InChI=1S/C11H15ClFN/c1-7(2)10(6-14)9-4-3-8(12)5-11(9)13/h3-5,7,10H,6,14H2,1-2H3. The summed E-state index contributed by atoms with van der Waals surface area (Å²) in [6.45, 7) is 4.52. The lowest BCUT2D eigenvalue weighted by Gasteiger charge is -2.19.